The van der Waals surface area contributed by atoms with E-state index in [0.717, 1.165) is 17.9 Å². The summed E-state index contributed by atoms with van der Waals surface area (Å²) in [5.74, 6) is 1.77. The summed E-state index contributed by atoms with van der Waals surface area (Å²) in [7, 11) is 2.14. The monoisotopic (exact) mass is 252 g/mol. The minimum absolute atomic E-state index is 0.536. The van der Waals surface area contributed by atoms with Crippen LogP contribution in [-0.2, 0) is 0 Å². The fraction of sp³-hybridized carbons (Fsp3) is 1.00. The van der Waals surface area contributed by atoms with E-state index in [-0.39, 0.29) is 0 Å². The standard InChI is InChI=1S/C16H32N2/c1-12(2)13-7-9-18(11-13)15-10-16(3,4)8-6-14(15)17-5/h12-15,17H,6-11H2,1-5H3. The average molecular weight is 252 g/mol. The first-order valence-corrected chi connectivity index (χ1v) is 7.84. The molecule has 1 heterocycles. The minimum Gasteiger partial charge on any atom is -0.315 e. The molecule has 2 fully saturated rings. The number of likely N-dealkylation sites (N-methyl/N-ethyl adjacent to an activating group) is 1. The fourth-order valence-electron chi connectivity index (χ4n) is 3.93. The Morgan fingerprint density at radius 3 is 2.50 bits per heavy atom. The van der Waals surface area contributed by atoms with Crippen molar-refractivity contribution in [3.05, 3.63) is 0 Å². The van der Waals surface area contributed by atoms with Crippen LogP contribution in [0.15, 0.2) is 0 Å². The van der Waals surface area contributed by atoms with Gasteiger partial charge in [0.25, 0.3) is 0 Å². The van der Waals surface area contributed by atoms with Gasteiger partial charge in [0.05, 0.1) is 0 Å². The second-order valence-electron chi connectivity index (χ2n) is 7.66. The van der Waals surface area contributed by atoms with Crippen molar-refractivity contribution in [3.63, 3.8) is 0 Å². The molecule has 1 aliphatic heterocycles. The largest absolute Gasteiger partial charge is 0.315 e. The van der Waals surface area contributed by atoms with Crippen LogP contribution in [0.3, 0.4) is 0 Å². The Labute approximate surface area is 114 Å². The van der Waals surface area contributed by atoms with Crippen molar-refractivity contribution in [2.24, 2.45) is 17.3 Å². The van der Waals surface area contributed by atoms with Gasteiger partial charge in [0.15, 0.2) is 0 Å². The van der Waals surface area contributed by atoms with Gasteiger partial charge >= 0.3 is 0 Å². The molecule has 1 aliphatic carbocycles. The molecular formula is C16H32N2. The number of nitrogens with zero attached hydrogens (tertiary/aromatic N) is 1. The molecule has 0 amide bonds. The Hall–Kier alpha value is -0.0800. The molecule has 1 saturated carbocycles. The van der Waals surface area contributed by atoms with E-state index < -0.39 is 0 Å². The number of hydrogen-bond acceptors (Lipinski definition) is 2. The highest BCUT2D eigenvalue weighted by Gasteiger charge is 2.39. The Morgan fingerprint density at radius 1 is 1.22 bits per heavy atom. The molecule has 1 saturated heterocycles. The van der Waals surface area contributed by atoms with Crippen LogP contribution < -0.4 is 5.32 Å². The lowest BCUT2D eigenvalue weighted by Gasteiger charge is -2.45. The predicted octanol–water partition coefficient (Wildman–Crippen LogP) is 3.13. The van der Waals surface area contributed by atoms with E-state index in [9.17, 15) is 0 Å². The molecule has 0 bridgehead atoms. The first-order valence-electron chi connectivity index (χ1n) is 7.84. The molecule has 0 spiro atoms. The first-order chi connectivity index (χ1) is 8.43. The van der Waals surface area contributed by atoms with Gasteiger partial charge in [0, 0.05) is 18.6 Å². The van der Waals surface area contributed by atoms with Crippen LogP contribution in [0.1, 0.15) is 53.4 Å². The lowest BCUT2D eigenvalue weighted by molar-refractivity contribution is 0.0797. The van der Waals surface area contributed by atoms with Gasteiger partial charge in [0.1, 0.15) is 0 Å². The average Bonchev–Trinajstić information content (AvgIpc) is 2.77. The van der Waals surface area contributed by atoms with Crippen molar-refractivity contribution < 1.29 is 0 Å². The molecule has 18 heavy (non-hydrogen) atoms. The van der Waals surface area contributed by atoms with Gasteiger partial charge in [0.2, 0.25) is 0 Å². The minimum atomic E-state index is 0.536. The maximum atomic E-state index is 3.57. The summed E-state index contributed by atoms with van der Waals surface area (Å²) in [6.07, 6.45) is 5.49. The third kappa shape index (κ3) is 3.08. The number of likely N-dealkylation sites (tertiary alicyclic amines) is 1. The van der Waals surface area contributed by atoms with Gasteiger partial charge in [-0.2, -0.15) is 0 Å². The zero-order chi connectivity index (χ0) is 13.3. The first kappa shape index (κ1) is 14.3. The van der Waals surface area contributed by atoms with Crippen molar-refractivity contribution in [1.29, 1.82) is 0 Å². The quantitative estimate of drug-likeness (QED) is 0.830. The summed E-state index contributed by atoms with van der Waals surface area (Å²) < 4.78 is 0. The van der Waals surface area contributed by atoms with Crippen LogP contribution in [0, 0.1) is 17.3 Å². The van der Waals surface area contributed by atoms with Gasteiger partial charge in [-0.15, -0.1) is 0 Å². The van der Waals surface area contributed by atoms with Crippen LogP contribution >= 0.6 is 0 Å². The molecule has 3 atom stereocenters. The van der Waals surface area contributed by atoms with Crippen molar-refractivity contribution in [1.82, 2.24) is 10.2 Å². The smallest absolute Gasteiger partial charge is 0.0254 e. The molecule has 0 aromatic rings. The number of nitrogens with one attached hydrogen (secondary N) is 1. The van der Waals surface area contributed by atoms with Crippen LogP contribution in [0.5, 0.6) is 0 Å². The van der Waals surface area contributed by atoms with Crippen molar-refractivity contribution in [2.75, 3.05) is 20.1 Å². The van der Waals surface area contributed by atoms with Crippen molar-refractivity contribution in [2.45, 2.75) is 65.5 Å². The van der Waals surface area contributed by atoms with E-state index in [1.54, 1.807) is 0 Å². The Balaban J connectivity index is 2.01. The highest BCUT2D eigenvalue weighted by Crippen LogP contribution is 2.39. The SMILES string of the molecule is CNC1CCC(C)(C)CC1N1CCC(C(C)C)C1. The van der Waals surface area contributed by atoms with Gasteiger partial charge in [-0.3, -0.25) is 4.90 Å². The topological polar surface area (TPSA) is 15.3 Å². The molecule has 0 aromatic heterocycles. The maximum Gasteiger partial charge on any atom is 0.0254 e. The number of rotatable bonds is 3. The van der Waals surface area contributed by atoms with Crippen molar-refractivity contribution in [3.8, 4) is 0 Å². The summed E-state index contributed by atoms with van der Waals surface area (Å²) in [6, 6.07) is 1.48. The van der Waals surface area contributed by atoms with Crippen LogP contribution in [0.2, 0.25) is 0 Å². The van der Waals surface area contributed by atoms with Gasteiger partial charge in [-0.1, -0.05) is 27.7 Å². The predicted molar refractivity (Wildman–Crippen MR) is 78.8 cm³/mol. The van der Waals surface area contributed by atoms with E-state index in [4.69, 9.17) is 0 Å². The lowest BCUT2D eigenvalue weighted by atomic mass is 9.72. The highest BCUT2D eigenvalue weighted by atomic mass is 15.2. The van der Waals surface area contributed by atoms with E-state index >= 15 is 0 Å². The molecule has 2 heteroatoms. The van der Waals surface area contributed by atoms with E-state index in [1.165, 1.54) is 38.8 Å². The van der Waals surface area contributed by atoms with Gasteiger partial charge in [-0.25, -0.2) is 0 Å². The van der Waals surface area contributed by atoms with E-state index in [0.29, 0.717) is 11.5 Å². The molecule has 2 rings (SSSR count). The van der Waals surface area contributed by atoms with Crippen LogP contribution in [-0.4, -0.2) is 37.1 Å². The molecule has 0 radical (unpaired) electrons. The van der Waals surface area contributed by atoms with Crippen LogP contribution in [0.25, 0.3) is 0 Å². The Bertz CT molecular complexity index is 272. The third-order valence-corrected chi connectivity index (χ3v) is 5.40. The van der Waals surface area contributed by atoms with Gasteiger partial charge < -0.3 is 5.32 Å². The summed E-state index contributed by atoms with van der Waals surface area (Å²) in [6.45, 7) is 12.3. The molecule has 106 valence electrons. The van der Waals surface area contributed by atoms with Crippen LogP contribution in [0.4, 0.5) is 0 Å². The molecular weight excluding hydrogens is 220 g/mol. The summed E-state index contributed by atoms with van der Waals surface area (Å²) >= 11 is 0. The molecule has 2 nitrogen and oxygen atoms in total. The van der Waals surface area contributed by atoms with Crippen molar-refractivity contribution >= 4 is 0 Å². The third-order valence-electron chi connectivity index (χ3n) is 5.40. The summed E-state index contributed by atoms with van der Waals surface area (Å²) in [4.78, 5) is 2.78. The normalized spacial score (nSPS) is 37.3. The Kier molecular flexibility index (Phi) is 4.38. The Morgan fingerprint density at radius 2 is 1.94 bits per heavy atom. The van der Waals surface area contributed by atoms with E-state index in [2.05, 4.69) is 45.0 Å². The lowest BCUT2D eigenvalue weighted by Crippen LogP contribution is -2.53. The zero-order valence-corrected chi connectivity index (χ0v) is 13.0. The molecule has 1 N–H and O–H groups in total. The van der Waals surface area contributed by atoms with Gasteiger partial charge in [-0.05, 0) is 56.5 Å². The molecule has 0 aromatic carbocycles. The zero-order valence-electron chi connectivity index (χ0n) is 13.0. The summed E-state index contributed by atoms with van der Waals surface area (Å²) in [5.41, 5.74) is 0.536. The maximum absolute atomic E-state index is 3.57. The summed E-state index contributed by atoms with van der Waals surface area (Å²) in [5, 5.41) is 3.57. The second-order valence-corrected chi connectivity index (χ2v) is 7.66. The number of hydrogen-bond donors (Lipinski definition) is 1. The fourth-order valence-corrected chi connectivity index (χ4v) is 3.93. The molecule has 2 aliphatic rings. The molecule has 3 unspecified atom stereocenters. The second kappa shape index (κ2) is 5.50. The van der Waals surface area contributed by atoms with E-state index in [1.807, 2.05) is 0 Å². The highest BCUT2D eigenvalue weighted by molar-refractivity contribution is 4.96.